The van der Waals surface area contributed by atoms with Crippen LogP contribution in [0.5, 0.6) is 0 Å². The molecule has 2 heteroatoms. The van der Waals surface area contributed by atoms with Crippen molar-refractivity contribution in [2.75, 3.05) is 18.8 Å². The molecule has 1 aromatic rings. The monoisotopic (exact) mass is 263 g/mol. The molecular formula is C16H25NS. The van der Waals surface area contributed by atoms with Gasteiger partial charge in [-0.25, -0.2) is 0 Å². The Morgan fingerprint density at radius 1 is 1.17 bits per heavy atom. The van der Waals surface area contributed by atoms with Crippen LogP contribution in [-0.2, 0) is 0 Å². The second-order valence-electron chi connectivity index (χ2n) is 5.32. The minimum Gasteiger partial charge on any atom is -0.316 e. The van der Waals surface area contributed by atoms with Crippen molar-refractivity contribution >= 4 is 11.8 Å². The van der Waals surface area contributed by atoms with E-state index in [0.29, 0.717) is 0 Å². The van der Waals surface area contributed by atoms with Gasteiger partial charge in [-0.15, -0.1) is 11.8 Å². The van der Waals surface area contributed by atoms with Crippen molar-refractivity contribution in [2.24, 2.45) is 5.92 Å². The van der Waals surface area contributed by atoms with Gasteiger partial charge >= 0.3 is 0 Å². The molecule has 0 aliphatic heterocycles. The average Bonchev–Trinajstić information content (AvgIpc) is 2.42. The third-order valence-corrected chi connectivity index (χ3v) is 4.97. The Labute approximate surface area is 116 Å². The van der Waals surface area contributed by atoms with E-state index >= 15 is 0 Å². The fourth-order valence-electron chi connectivity index (χ4n) is 2.65. The summed E-state index contributed by atoms with van der Waals surface area (Å²) in [5, 5.41) is 3.62. The van der Waals surface area contributed by atoms with E-state index in [2.05, 4.69) is 36.5 Å². The molecule has 18 heavy (non-hydrogen) atoms. The predicted molar refractivity (Wildman–Crippen MR) is 81.3 cm³/mol. The SMILES string of the molecule is Cc1ccccc1SCCNCC1CCCCC1. The number of nitrogens with one attached hydrogen (secondary N) is 1. The van der Waals surface area contributed by atoms with Gasteiger partial charge in [0.1, 0.15) is 0 Å². The van der Waals surface area contributed by atoms with Crippen LogP contribution in [0.3, 0.4) is 0 Å². The van der Waals surface area contributed by atoms with Gasteiger partial charge in [0.2, 0.25) is 0 Å². The largest absolute Gasteiger partial charge is 0.316 e. The van der Waals surface area contributed by atoms with Crippen LogP contribution < -0.4 is 5.32 Å². The summed E-state index contributed by atoms with van der Waals surface area (Å²) in [5.74, 6) is 2.12. The summed E-state index contributed by atoms with van der Waals surface area (Å²) in [6.45, 7) is 4.56. The molecule has 1 nitrogen and oxygen atoms in total. The van der Waals surface area contributed by atoms with E-state index in [1.165, 1.54) is 54.9 Å². The number of hydrogen-bond donors (Lipinski definition) is 1. The van der Waals surface area contributed by atoms with E-state index in [-0.39, 0.29) is 0 Å². The first-order chi connectivity index (χ1) is 8.86. The smallest absolute Gasteiger partial charge is 0.0106 e. The molecule has 0 atom stereocenters. The Bertz CT molecular complexity index is 345. The number of rotatable bonds is 6. The van der Waals surface area contributed by atoms with E-state index < -0.39 is 0 Å². The molecule has 2 rings (SSSR count). The molecule has 0 amide bonds. The molecule has 0 bridgehead atoms. The highest BCUT2D eigenvalue weighted by Gasteiger charge is 2.12. The lowest BCUT2D eigenvalue weighted by Gasteiger charge is -2.21. The Kier molecular flexibility index (Phi) is 6.09. The lowest BCUT2D eigenvalue weighted by atomic mass is 9.89. The van der Waals surface area contributed by atoms with Crippen molar-refractivity contribution < 1.29 is 0 Å². The second kappa shape index (κ2) is 7.85. The Hall–Kier alpha value is -0.470. The highest BCUT2D eigenvalue weighted by atomic mass is 32.2. The summed E-state index contributed by atoms with van der Waals surface area (Å²) in [6.07, 6.45) is 7.24. The maximum absolute atomic E-state index is 3.62. The standard InChI is InChI=1S/C16H25NS/c1-14-7-5-6-10-16(14)18-12-11-17-13-15-8-3-2-4-9-15/h5-7,10,15,17H,2-4,8-9,11-13H2,1H3. The fraction of sp³-hybridized carbons (Fsp3) is 0.625. The molecule has 1 aromatic carbocycles. The van der Waals surface area contributed by atoms with Crippen LogP contribution in [0.1, 0.15) is 37.7 Å². The maximum atomic E-state index is 3.62. The van der Waals surface area contributed by atoms with Crippen LogP contribution >= 0.6 is 11.8 Å². The molecule has 0 saturated heterocycles. The van der Waals surface area contributed by atoms with E-state index in [0.717, 1.165) is 12.5 Å². The zero-order valence-electron chi connectivity index (χ0n) is 11.5. The molecule has 0 heterocycles. The van der Waals surface area contributed by atoms with Gasteiger partial charge in [0, 0.05) is 17.2 Å². The Morgan fingerprint density at radius 2 is 1.94 bits per heavy atom. The summed E-state index contributed by atoms with van der Waals surface area (Å²) in [4.78, 5) is 1.43. The average molecular weight is 263 g/mol. The molecular weight excluding hydrogens is 238 g/mol. The summed E-state index contributed by atoms with van der Waals surface area (Å²) in [5.41, 5.74) is 1.40. The molecule has 1 aliphatic carbocycles. The number of hydrogen-bond acceptors (Lipinski definition) is 2. The number of aryl methyl sites for hydroxylation is 1. The minimum absolute atomic E-state index is 0.946. The van der Waals surface area contributed by atoms with Gasteiger partial charge in [-0.1, -0.05) is 37.5 Å². The molecule has 0 aromatic heterocycles. The zero-order valence-corrected chi connectivity index (χ0v) is 12.3. The van der Waals surface area contributed by atoms with Gasteiger partial charge in [0.05, 0.1) is 0 Å². The van der Waals surface area contributed by atoms with Gasteiger partial charge in [0.15, 0.2) is 0 Å². The highest BCUT2D eigenvalue weighted by Crippen LogP contribution is 2.23. The lowest BCUT2D eigenvalue weighted by molar-refractivity contribution is 0.345. The van der Waals surface area contributed by atoms with Crippen LogP contribution in [0, 0.1) is 12.8 Å². The van der Waals surface area contributed by atoms with Gasteiger partial charge < -0.3 is 5.32 Å². The van der Waals surface area contributed by atoms with E-state index in [4.69, 9.17) is 0 Å². The molecule has 0 spiro atoms. The molecule has 100 valence electrons. The van der Waals surface area contributed by atoms with Crippen molar-refractivity contribution in [3.05, 3.63) is 29.8 Å². The fourth-order valence-corrected chi connectivity index (χ4v) is 3.59. The van der Waals surface area contributed by atoms with E-state index in [1.807, 2.05) is 11.8 Å². The predicted octanol–water partition coefficient (Wildman–Crippen LogP) is 4.26. The van der Waals surface area contributed by atoms with Gasteiger partial charge in [0.25, 0.3) is 0 Å². The number of benzene rings is 1. The third kappa shape index (κ3) is 4.66. The van der Waals surface area contributed by atoms with Crippen LogP contribution in [-0.4, -0.2) is 18.8 Å². The molecule has 0 unspecified atom stereocenters. The van der Waals surface area contributed by atoms with Crippen molar-refractivity contribution in [2.45, 2.75) is 43.9 Å². The normalized spacial score (nSPS) is 16.9. The van der Waals surface area contributed by atoms with Gasteiger partial charge in [-0.3, -0.25) is 0 Å². The first kappa shape index (κ1) is 14.0. The minimum atomic E-state index is 0.946. The molecule has 1 fully saturated rings. The van der Waals surface area contributed by atoms with E-state index in [1.54, 1.807) is 0 Å². The summed E-state index contributed by atoms with van der Waals surface area (Å²) >= 11 is 1.97. The Balaban J connectivity index is 1.57. The quantitative estimate of drug-likeness (QED) is 0.608. The van der Waals surface area contributed by atoms with Gasteiger partial charge in [-0.2, -0.15) is 0 Å². The van der Waals surface area contributed by atoms with Crippen LogP contribution in [0.15, 0.2) is 29.2 Å². The zero-order chi connectivity index (χ0) is 12.6. The molecule has 1 aliphatic rings. The second-order valence-corrected chi connectivity index (χ2v) is 6.46. The van der Waals surface area contributed by atoms with Crippen LogP contribution in [0.25, 0.3) is 0 Å². The lowest BCUT2D eigenvalue weighted by Crippen LogP contribution is -2.26. The maximum Gasteiger partial charge on any atom is 0.0106 e. The van der Waals surface area contributed by atoms with E-state index in [9.17, 15) is 0 Å². The highest BCUT2D eigenvalue weighted by molar-refractivity contribution is 7.99. The third-order valence-electron chi connectivity index (χ3n) is 3.79. The summed E-state index contributed by atoms with van der Waals surface area (Å²) < 4.78 is 0. The molecule has 1 N–H and O–H groups in total. The Morgan fingerprint density at radius 3 is 2.72 bits per heavy atom. The first-order valence-electron chi connectivity index (χ1n) is 7.25. The summed E-state index contributed by atoms with van der Waals surface area (Å²) in [7, 11) is 0. The molecule has 1 saturated carbocycles. The number of thioether (sulfide) groups is 1. The van der Waals surface area contributed by atoms with Crippen molar-refractivity contribution in [1.29, 1.82) is 0 Å². The van der Waals surface area contributed by atoms with Crippen LogP contribution in [0.4, 0.5) is 0 Å². The summed E-state index contributed by atoms with van der Waals surface area (Å²) in [6, 6.07) is 8.66. The van der Waals surface area contributed by atoms with Crippen LogP contribution in [0.2, 0.25) is 0 Å². The van der Waals surface area contributed by atoms with Gasteiger partial charge in [-0.05, 0) is 43.9 Å². The van der Waals surface area contributed by atoms with Crippen molar-refractivity contribution in [3.63, 3.8) is 0 Å². The first-order valence-corrected chi connectivity index (χ1v) is 8.24. The topological polar surface area (TPSA) is 12.0 Å². The van der Waals surface area contributed by atoms with Crippen molar-refractivity contribution in [1.82, 2.24) is 5.32 Å². The molecule has 0 radical (unpaired) electrons. The van der Waals surface area contributed by atoms with Crippen molar-refractivity contribution in [3.8, 4) is 0 Å².